The van der Waals surface area contributed by atoms with E-state index in [9.17, 15) is 13.2 Å². The Hall–Kier alpha value is -1.27. The van der Waals surface area contributed by atoms with E-state index in [2.05, 4.69) is 5.32 Å². The third-order valence-electron chi connectivity index (χ3n) is 2.53. The Morgan fingerprint density at radius 2 is 2.05 bits per heavy atom. The van der Waals surface area contributed by atoms with Crippen LogP contribution in [0.4, 0.5) is 5.69 Å². The second-order valence-electron chi connectivity index (χ2n) is 4.25. The summed E-state index contributed by atoms with van der Waals surface area (Å²) in [6, 6.07) is 5.06. The number of carbonyl (C=O) groups excluding carboxylic acids is 1. The van der Waals surface area contributed by atoms with Gasteiger partial charge in [-0.1, -0.05) is 17.7 Å². The number of sulfonamides is 1. The van der Waals surface area contributed by atoms with E-state index in [4.69, 9.17) is 11.6 Å². The molecule has 1 aromatic carbocycles. The molecule has 0 unspecified atom stereocenters. The molecule has 0 aromatic heterocycles. The molecule has 1 amide bonds. The molecule has 0 atom stereocenters. The lowest BCUT2D eigenvalue weighted by molar-refractivity contribution is -0.118. The normalized spacial score (nSPS) is 11.2. The average molecular weight is 305 g/mol. The van der Waals surface area contributed by atoms with Crippen molar-refractivity contribution in [1.82, 2.24) is 5.32 Å². The first kappa shape index (κ1) is 15.8. The van der Waals surface area contributed by atoms with Crippen molar-refractivity contribution >= 4 is 33.2 Å². The summed E-state index contributed by atoms with van der Waals surface area (Å²) in [5.41, 5.74) is 1.33. The third kappa shape index (κ3) is 4.72. The molecule has 0 aliphatic carbocycles. The molecule has 1 N–H and O–H groups in total. The van der Waals surface area contributed by atoms with Crippen molar-refractivity contribution in [3.8, 4) is 0 Å². The van der Waals surface area contributed by atoms with Crippen molar-refractivity contribution in [3.63, 3.8) is 0 Å². The van der Waals surface area contributed by atoms with E-state index in [1.807, 2.05) is 6.92 Å². The molecule has 0 bridgehead atoms. The number of hydrogen-bond acceptors (Lipinski definition) is 3. The van der Waals surface area contributed by atoms with Gasteiger partial charge in [0.1, 0.15) is 0 Å². The van der Waals surface area contributed by atoms with Crippen LogP contribution in [0.25, 0.3) is 0 Å². The Morgan fingerprint density at radius 1 is 1.42 bits per heavy atom. The zero-order valence-corrected chi connectivity index (χ0v) is 12.7. The maximum atomic E-state index is 11.8. The largest absolute Gasteiger partial charge is 0.355 e. The summed E-state index contributed by atoms with van der Waals surface area (Å²) in [7, 11) is -3.43. The lowest BCUT2D eigenvalue weighted by atomic mass is 10.2. The Kier molecular flexibility index (Phi) is 5.20. The third-order valence-corrected chi connectivity index (χ3v) is 3.94. The van der Waals surface area contributed by atoms with Gasteiger partial charge in [0.15, 0.2) is 0 Å². The van der Waals surface area contributed by atoms with Gasteiger partial charge in [0.25, 0.3) is 0 Å². The average Bonchev–Trinajstić information content (AvgIpc) is 2.26. The predicted octanol–water partition coefficient (Wildman–Crippen LogP) is 1.55. The van der Waals surface area contributed by atoms with E-state index >= 15 is 0 Å². The minimum absolute atomic E-state index is 0.166. The molecule has 0 radical (unpaired) electrons. The highest BCUT2D eigenvalue weighted by molar-refractivity contribution is 7.92. The van der Waals surface area contributed by atoms with E-state index in [1.54, 1.807) is 18.2 Å². The van der Waals surface area contributed by atoms with E-state index in [0.29, 0.717) is 10.7 Å². The first-order valence-corrected chi connectivity index (χ1v) is 7.92. The van der Waals surface area contributed by atoms with Gasteiger partial charge in [-0.25, -0.2) is 8.42 Å². The molecule has 0 spiro atoms. The van der Waals surface area contributed by atoms with Crippen LogP contribution in [0.2, 0.25) is 5.02 Å². The first-order chi connectivity index (χ1) is 8.71. The molecule has 0 heterocycles. The molecule has 0 saturated heterocycles. The van der Waals surface area contributed by atoms with Gasteiger partial charge in [0, 0.05) is 18.5 Å². The topological polar surface area (TPSA) is 66.5 Å². The van der Waals surface area contributed by atoms with Gasteiger partial charge in [0.05, 0.1) is 18.5 Å². The van der Waals surface area contributed by atoms with Gasteiger partial charge in [-0.3, -0.25) is 9.10 Å². The van der Waals surface area contributed by atoms with Crippen LogP contribution < -0.4 is 9.62 Å². The molecule has 5 nitrogen and oxygen atoms in total. The number of nitrogens with zero attached hydrogens (tertiary/aromatic N) is 1. The second-order valence-corrected chi connectivity index (χ2v) is 6.59. The predicted molar refractivity (Wildman–Crippen MR) is 77.1 cm³/mol. The number of amides is 1. The number of anilines is 1. The summed E-state index contributed by atoms with van der Waals surface area (Å²) in [4.78, 5) is 10.8. The number of hydrogen-bond donors (Lipinski definition) is 1. The molecule has 0 aliphatic rings. The van der Waals surface area contributed by atoms with Crippen molar-refractivity contribution in [3.05, 3.63) is 28.8 Å². The zero-order chi connectivity index (χ0) is 14.6. The van der Waals surface area contributed by atoms with Crippen LogP contribution in [0.1, 0.15) is 12.5 Å². The quantitative estimate of drug-likeness (QED) is 0.897. The van der Waals surface area contributed by atoms with Crippen molar-refractivity contribution in [2.24, 2.45) is 0 Å². The molecular formula is C12H17ClN2O3S. The molecule has 1 aromatic rings. The van der Waals surface area contributed by atoms with Crippen LogP contribution in [0.5, 0.6) is 0 Å². The SMILES string of the molecule is CC(=O)NCCN(c1cc(Cl)ccc1C)S(C)(=O)=O. The smallest absolute Gasteiger partial charge is 0.232 e. The highest BCUT2D eigenvalue weighted by atomic mass is 35.5. The van der Waals surface area contributed by atoms with Gasteiger partial charge in [0.2, 0.25) is 15.9 Å². The number of benzene rings is 1. The zero-order valence-electron chi connectivity index (χ0n) is 11.1. The van der Waals surface area contributed by atoms with Gasteiger partial charge >= 0.3 is 0 Å². The monoisotopic (exact) mass is 304 g/mol. The molecule has 7 heteroatoms. The second kappa shape index (κ2) is 6.25. The van der Waals surface area contributed by atoms with Crippen molar-refractivity contribution in [2.75, 3.05) is 23.7 Å². The van der Waals surface area contributed by atoms with Crippen LogP contribution in [0, 0.1) is 6.92 Å². The van der Waals surface area contributed by atoms with Gasteiger partial charge in [-0.2, -0.15) is 0 Å². The summed E-state index contributed by atoms with van der Waals surface area (Å²) in [6.07, 6.45) is 1.13. The molecule has 0 saturated carbocycles. The van der Waals surface area contributed by atoms with E-state index < -0.39 is 10.0 Å². The minimum atomic E-state index is -3.43. The molecule has 1 rings (SSSR count). The lowest BCUT2D eigenvalue weighted by Crippen LogP contribution is -2.37. The van der Waals surface area contributed by atoms with Gasteiger partial charge in [-0.15, -0.1) is 0 Å². The van der Waals surface area contributed by atoms with E-state index in [0.717, 1.165) is 11.8 Å². The fourth-order valence-corrected chi connectivity index (χ4v) is 2.79. The van der Waals surface area contributed by atoms with Crippen molar-refractivity contribution in [1.29, 1.82) is 0 Å². The summed E-state index contributed by atoms with van der Waals surface area (Å²) in [5.74, 6) is -0.198. The Morgan fingerprint density at radius 3 is 2.58 bits per heavy atom. The fraction of sp³-hybridized carbons (Fsp3) is 0.417. The van der Waals surface area contributed by atoms with Crippen LogP contribution >= 0.6 is 11.6 Å². The van der Waals surface area contributed by atoms with Crippen LogP contribution in [-0.2, 0) is 14.8 Å². The maximum Gasteiger partial charge on any atom is 0.232 e. The summed E-state index contributed by atoms with van der Waals surface area (Å²) >= 11 is 5.90. The lowest BCUT2D eigenvalue weighted by Gasteiger charge is -2.24. The number of carbonyl (C=O) groups is 1. The molecular weight excluding hydrogens is 288 g/mol. The number of aryl methyl sites for hydroxylation is 1. The molecule has 106 valence electrons. The molecule has 0 fully saturated rings. The first-order valence-electron chi connectivity index (χ1n) is 5.70. The minimum Gasteiger partial charge on any atom is -0.355 e. The summed E-state index contributed by atoms with van der Waals surface area (Å²) < 4.78 is 24.9. The number of rotatable bonds is 5. The summed E-state index contributed by atoms with van der Waals surface area (Å²) in [6.45, 7) is 3.60. The van der Waals surface area contributed by atoms with Crippen molar-refractivity contribution < 1.29 is 13.2 Å². The summed E-state index contributed by atoms with van der Waals surface area (Å²) in [5, 5.41) is 3.04. The Bertz CT molecular complexity index is 572. The van der Waals surface area contributed by atoms with Gasteiger partial charge < -0.3 is 5.32 Å². The Labute approximate surface area is 118 Å². The molecule has 19 heavy (non-hydrogen) atoms. The maximum absolute atomic E-state index is 11.8. The fourth-order valence-electron chi connectivity index (χ4n) is 1.65. The van der Waals surface area contributed by atoms with E-state index in [-0.39, 0.29) is 19.0 Å². The highest BCUT2D eigenvalue weighted by Gasteiger charge is 2.19. The van der Waals surface area contributed by atoms with E-state index in [1.165, 1.54) is 11.2 Å². The molecule has 0 aliphatic heterocycles. The number of halogens is 1. The Balaban J connectivity index is 3.04. The van der Waals surface area contributed by atoms with Gasteiger partial charge in [-0.05, 0) is 24.6 Å². The van der Waals surface area contributed by atoms with Crippen molar-refractivity contribution in [2.45, 2.75) is 13.8 Å². The number of nitrogens with one attached hydrogen (secondary N) is 1. The van der Waals surface area contributed by atoms with Crippen LogP contribution in [0.3, 0.4) is 0 Å². The standard InChI is InChI=1S/C12H17ClN2O3S/c1-9-4-5-11(13)8-12(9)15(19(3,17)18)7-6-14-10(2)16/h4-5,8H,6-7H2,1-3H3,(H,14,16). The van der Waals surface area contributed by atoms with Crippen LogP contribution in [0.15, 0.2) is 18.2 Å². The van der Waals surface area contributed by atoms with Crippen LogP contribution in [-0.4, -0.2) is 33.7 Å². The highest BCUT2D eigenvalue weighted by Crippen LogP contribution is 2.25.